The zero-order chi connectivity index (χ0) is 30.5. The molecule has 2 unspecified atom stereocenters. The zero-order valence-electron chi connectivity index (χ0n) is 25.0. The molecule has 1 aliphatic heterocycles. The van der Waals surface area contributed by atoms with Gasteiger partial charge >= 0.3 is 0 Å². The molecule has 3 aliphatic rings. The van der Waals surface area contributed by atoms with E-state index in [1.165, 1.54) is 25.0 Å². The summed E-state index contributed by atoms with van der Waals surface area (Å²) in [6, 6.07) is 13.3. The number of ether oxygens (including phenoxy) is 1. The second kappa shape index (κ2) is 13.5. The second-order valence-electron chi connectivity index (χ2n) is 12.2. The SMILES string of the molecule is CC=CC(F)(F)c1cccc(CC2=CCSC(CC3CCC4(CCC=C(CS(=O)(=O)c5ccc(OC)cc5)CC4)C3)=N2)c1. The molecule has 2 atom stereocenters. The van der Waals surface area contributed by atoms with Crippen LogP contribution < -0.4 is 4.74 Å². The quantitative estimate of drug-likeness (QED) is 0.247. The van der Waals surface area contributed by atoms with Crippen molar-refractivity contribution >= 4 is 26.6 Å². The van der Waals surface area contributed by atoms with E-state index < -0.39 is 15.8 Å². The van der Waals surface area contributed by atoms with Crippen LogP contribution in [0.25, 0.3) is 0 Å². The van der Waals surface area contributed by atoms with Gasteiger partial charge in [-0.3, -0.25) is 4.99 Å². The normalized spacial score (nSPS) is 23.2. The minimum absolute atomic E-state index is 0.00807. The first-order chi connectivity index (χ1) is 20.6. The van der Waals surface area contributed by atoms with Crippen LogP contribution in [0.2, 0.25) is 0 Å². The molecule has 1 fully saturated rings. The van der Waals surface area contributed by atoms with Gasteiger partial charge in [0.1, 0.15) is 5.75 Å². The summed E-state index contributed by atoms with van der Waals surface area (Å²) in [7, 11) is -1.82. The average molecular weight is 626 g/mol. The van der Waals surface area contributed by atoms with E-state index in [1.807, 2.05) is 6.07 Å². The topological polar surface area (TPSA) is 55.7 Å². The molecule has 5 rings (SSSR count). The molecule has 4 nitrogen and oxygen atoms in total. The fourth-order valence-electron chi connectivity index (χ4n) is 6.77. The largest absolute Gasteiger partial charge is 0.497 e. The molecule has 43 heavy (non-hydrogen) atoms. The minimum Gasteiger partial charge on any atom is -0.497 e. The van der Waals surface area contributed by atoms with Crippen LogP contribution in [0.1, 0.15) is 69.4 Å². The Morgan fingerprint density at radius 3 is 2.70 bits per heavy atom. The van der Waals surface area contributed by atoms with E-state index in [9.17, 15) is 17.2 Å². The summed E-state index contributed by atoms with van der Waals surface area (Å²) in [6.07, 6.45) is 15.5. The standard InChI is InChI=1S/C35H41F2NO3S2/c1-3-16-35(36,37)29-8-4-6-27(21-29)22-30-15-20-42-33(38-30)23-28-14-19-34(24-28)17-5-7-26(13-18-34)25-43(39,40)32-11-9-31(41-2)10-12-32/h3-4,6-12,15-16,21,28H,5,13-14,17-20,22-25H2,1-2H3. The van der Waals surface area contributed by atoms with Crippen molar-refractivity contribution in [2.75, 3.05) is 18.6 Å². The Balaban J connectivity index is 1.15. The summed E-state index contributed by atoms with van der Waals surface area (Å²) in [5.41, 5.74) is 3.11. The lowest BCUT2D eigenvalue weighted by molar-refractivity contribution is 0.0519. The van der Waals surface area contributed by atoms with Gasteiger partial charge in [-0.2, -0.15) is 8.78 Å². The van der Waals surface area contributed by atoms with Gasteiger partial charge in [-0.25, -0.2) is 8.42 Å². The summed E-state index contributed by atoms with van der Waals surface area (Å²) >= 11 is 1.78. The number of thioether (sulfide) groups is 1. The first-order valence-electron chi connectivity index (χ1n) is 15.1. The molecular weight excluding hydrogens is 585 g/mol. The Hall–Kier alpha value is -2.71. The molecule has 230 valence electrons. The van der Waals surface area contributed by atoms with Crippen molar-refractivity contribution in [3.8, 4) is 5.75 Å². The smallest absolute Gasteiger partial charge is 0.291 e. The van der Waals surface area contributed by atoms with Crippen LogP contribution in [0.3, 0.4) is 0 Å². The fraction of sp³-hybridized carbons (Fsp3) is 0.457. The van der Waals surface area contributed by atoms with Gasteiger partial charge in [-0.15, -0.1) is 11.8 Å². The van der Waals surface area contributed by atoms with Gasteiger partial charge in [-0.1, -0.05) is 42.0 Å². The van der Waals surface area contributed by atoms with Gasteiger partial charge in [-0.05, 0) is 112 Å². The molecule has 1 saturated carbocycles. The summed E-state index contributed by atoms with van der Waals surface area (Å²) < 4.78 is 60.2. The Labute approximate surface area is 259 Å². The van der Waals surface area contributed by atoms with Gasteiger partial charge in [0.05, 0.1) is 22.8 Å². The fourth-order valence-corrected chi connectivity index (χ4v) is 9.24. The highest BCUT2D eigenvalue weighted by Gasteiger charge is 2.40. The van der Waals surface area contributed by atoms with Crippen molar-refractivity contribution < 1.29 is 21.9 Å². The van der Waals surface area contributed by atoms with Crippen LogP contribution >= 0.6 is 11.8 Å². The van der Waals surface area contributed by atoms with Crippen molar-refractivity contribution in [1.29, 1.82) is 0 Å². The third kappa shape index (κ3) is 8.07. The van der Waals surface area contributed by atoms with Gasteiger partial charge in [0.15, 0.2) is 9.84 Å². The molecule has 8 heteroatoms. The van der Waals surface area contributed by atoms with Gasteiger partial charge in [0.2, 0.25) is 0 Å². The van der Waals surface area contributed by atoms with E-state index in [0.717, 1.165) is 72.2 Å². The van der Waals surface area contributed by atoms with Crippen molar-refractivity contribution in [1.82, 2.24) is 0 Å². The number of hydrogen-bond acceptors (Lipinski definition) is 5. The summed E-state index contributed by atoms with van der Waals surface area (Å²) in [6.45, 7) is 1.60. The average Bonchev–Trinajstić information content (AvgIpc) is 3.27. The molecule has 2 aliphatic carbocycles. The first-order valence-corrected chi connectivity index (χ1v) is 17.8. The lowest BCUT2D eigenvalue weighted by atomic mass is 9.77. The van der Waals surface area contributed by atoms with Crippen LogP contribution in [-0.2, 0) is 22.2 Å². The van der Waals surface area contributed by atoms with E-state index >= 15 is 0 Å². The number of benzene rings is 2. The monoisotopic (exact) mass is 625 g/mol. The van der Waals surface area contributed by atoms with Crippen molar-refractivity contribution in [2.24, 2.45) is 16.3 Å². The number of nitrogens with zero attached hydrogens (tertiary/aromatic N) is 1. The molecule has 0 saturated heterocycles. The number of alkyl halides is 2. The van der Waals surface area contributed by atoms with Crippen molar-refractivity contribution in [3.05, 3.63) is 95.2 Å². The maximum Gasteiger partial charge on any atom is 0.291 e. The molecule has 0 radical (unpaired) electrons. The van der Waals surface area contributed by atoms with Gasteiger partial charge in [0.25, 0.3) is 5.92 Å². The van der Waals surface area contributed by atoms with E-state index in [4.69, 9.17) is 9.73 Å². The van der Waals surface area contributed by atoms with E-state index in [2.05, 4.69) is 12.2 Å². The van der Waals surface area contributed by atoms with Crippen LogP contribution in [0.5, 0.6) is 5.75 Å². The molecule has 0 N–H and O–H groups in total. The number of methoxy groups -OCH3 is 1. The highest BCUT2D eigenvalue weighted by Crippen LogP contribution is 2.51. The van der Waals surface area contributed by atoms with Crippen LogP contribution in [0.4, 0.5) is 8.78 Å². The summed E-state index contributed by atoms with van der Waals surface area (Å²) in [5, 5.41) is 1.15. The lowest BCUT2D eigenvalue weighted by Crippen LogP contribution is -2.17. The van der Waals surface area contributed by atoms with E-state index in [0.29, 0.717) is 23.0 Å². The first kappa shape index (κ1) is 31.7. The molecule has 1 spiro atoms. The number of allylic oxidation sites excluding steroid dienone is 4. The Kier molecular flexibility index (Phi) is 9.96. The molecule has 2 aromatic carbocycles. The number of sulfone groups is 1. The van der Waals surface area contributed by atoms with Gasteiger partial charge in [0, 0.05) is 23.4 Å². The second-order valence-corrected chi connectivity index (χ2v) is 15.2. The number of rotatable bonds is 10. The Morgan fingerprint density at radius 1 is 1.12 bits per heavy atom. The predicted molar refractivity (Wildman–Crippen MR) is 173 cm³/mol. The lowest BCUT2D eigenvalue weighted by Gasteiger charge is -2.28. The van der Waals surface area contributed by atoms with Gasteiger partial charge < -0.3 is 4.74 Å². The summed E-state index contributed by atoms with van der Waals surface area (Å²) in [5.74, 6) is -0.827. The maximum atomic E-state index is 14.4. The van der Waals surface area contributed by atoms with E-state index in [1.54, 1.807) is 62.2 Å². The number of aliphatic imine (C=N–C) groups is 1. The highest BCUT2D eigenvalue weighted by molar-refractivity contribution is 8.14. The zero-order valence-corrected chi connectivity index (χ0v) is 26.7. The van der Waals surface area contributed by atoms with Crippen LogP contribution in [-0.4, -0.2) is 32.1 Å². The van der Waals surface area contributed by atoms with Crippen molar-refractivity contribution in [2.45, 2.75) is 75.5 Å². The Bertz CT molecular complexity index is 1530. The summed E-state index contributed by atoms with van der Waals surface area (Å²) in [4.78, 5) is 5.31. The van der Waals surface area contributed by atoms with Crippen molar-refractivity contribution in [3.63, 3.8) is 0 Å². The molecule has 0 amide bonds. The highest BCUT2D eigenvalue weighted by atomic mass is 32.2. The third-order valence-electron chi connectivity index (χ3n) is 9.06. The molecule has 0 aromatic heterocycles. The maximum absolute atomic E-state index is 14.4. The minimum atomic E-state index is -3.39. The Morgan fingerprint density at radius 2 is 1.93 bits per heavy atom. The van der Waals surface area contributed by atoms with Crippen LogP contribution in [0, 0.1) is 11.3 Å². The molecular formula is C35H41F2NO3S2. The number of halogens is 2. The van der Waals surface area contributed by atoms with E-state index in [-0.39, 0.29) is 16.7 Å². The number of hydrogen-bond donors (Lipinski definition) is 0. The molecule has 0 bridgehead atoms. The third-order valence-corrected chi connectivity index (χ3v) is 11.7. The molecule has 1 heterocycles. The molecule has 2 aromatic rings. The van der Waals surface area contributed by atoms with Crippen LogP contribution in [0.15, 0.2) is 94.0 Å². The predicted octanol–water partition coefficient (Wildman–Crippen LogP) is 9.09.